The number of rotatable bonds is 13. The first-order valence-electron chi connectivity index (χ1n) is 7.62. The van der Waals surface area contributed by atoms with E-state index in [0.717, 1.165) is 0 Å². The van der Waals surface area contributed by atoms with Crippen molar-refractivity contribution in [3.05, 3.63) is 12.2 Å². The van der Waals surface area contributed by atoms with Gasteiger partial charge in [0, 0.05) is 0 Å². The highest BCUT2D eigenvalue weighted by molar-refractivity contribution is 14.1. The summed E-state index contributed by atoms with van der Waals surface area (Å²) in [5.41, 5.74) is 0. The van der Waals surface area contributed by atoms with Crippen LogP contribution < -0.4 is 0 Å². The number of allylic oxidation sites excluding steroid dienone is 2. The molecular weight excluding hydrogens is 331 g/mol. The average Bonchev–Trinajstić information content (AvgIpc) is 2.35. The molecule has 0 atom stereocenters. The third kappa shape index (κ3) is 17.2. The van der Waals surface area contributed by atoms with Crippen LogP contribution in [0.5, 0.6) is 0 Å². The summed E-state index contributed by atoms with van der Waals surface area (Å²) in [6.07, 6.45) is 20.3. The Balaban J connectivity index is 2.99. The van der Waals surface area contributed by atoms with Crippen LogP contribution in [-0.2, 0) is 0 Å². The molecule has 0 fully saturated rings. The van der Waals surface area contributed by atoms with Crippen molar-refractivity contribution in [1.82, 2.24) is 0 Å². The van der Waals surface area contributed by atoms with E-state index in [9.17, 15) is 0 Å². The Kier molecular flexibility index (Phi) is 18.5. The fraction of sp³-hybridized carbons (Fsp3) is 0.867. The Hall–Kier alpha value is 1.24. The highest BCUT2D eigenvalue weighted by Gasteiger charge is 1.91. The van der Waals surface area contributed by atoms with Crippen LogP contribution in [0.15, 0.2) is 12.2 Å². The second-order valence-corrected chi connectivity index (χ2v) is 9.24. The first-order valence-corrected chi connectivity index (χ1v) is 13.7. The van der Waals surface area contributed by atoms with Gasteiger partial charge in [0.05, 0.1) is 0 Å². The van der Waals surface area contributed by atoms with Gasteiger partial charge in [0.2, 0.25) is 0 Å². The van der Waals surface area contributed by atoms with Gasteiger partial charge in [-0.05, 0) is 25.7 Å². The smallest absolute Gasteiger partial charge is 0.301 e. The molecule has 0 N–H and O–H groups in total. The third-order valence-corrected chi connectivity index (χ3v) is 6.20. The molecule has 0 rings (SSSR count). The number of hydrogen-bond donors (Lipinski definition) is 0. The van der Waals surface area contributed by atoms with E-state index in [4.69, 9.17) is 0 Å². The maximum Gasteiger partial charge on any atom is 0.463 e. The molecule has 0 aliphatic carbocycles. The van der Waals surface area contributed by atoms with Crippen molar-refractivity contribution in [1.29, 1.82) is 0 Å². The van der Waals surface area contributed by atoms with E-state index in [2.05, 4.69) is 37.9 Å². The molecule has 0 heterocycles. The molecule has 0 aromatic heterocycles. The fourth-order valence-corrected chi connectivity index (χ4v) is 4.15. The standard InChI is InChI=1S/C15H29.HI.Mg/c1-3-5-7-9-11-13-15-14-12-10-8-6-4-2;;/h14-15H,1,3-13H2,2H3;1H;/q;;+1/p-1. The number of halogens is 1. The van der Waals surface area contributed by atoms with Gasteiger partial charge < -0.3 is 18.9 Å². The normalized spacial score (nSPS) is 10.9. The molecule has 0 aliphatic heterocycles. The lowest BCUT2D eigenvalue weighted by atomic mass is 10.1. The van der Waals surface area contributed by atoms with E-state index < -0.39 is 0 Å². The molecule has 2 heteroatoms. The van der Waals surface area contributed by atoms with Crippen LogP contribution in [0.4, 0.5) is 0 Å². The van der Waals surface area contributed by atoms with Crippen molar-refractivity contribution >= 4 is 35.3 Å². The van der Waals surface area contributed by atoms with Crippen molar-refractivity contribution in [2.75, 3.05) is 0 Å². The molecule has 0 spiro atoms. The number of hydrogen-bond acceptors (Lipinski definition) is 0. The molecule has 0 unspecified atom stereocenters. The van der Waals surface area contributed by atoms with E-state index in [1.165, 1.54) is 70.6 Å². The van der Waals surface area contributed by atoms with Gasteiger partial charge in [0.1, 0.15) is 0 Å². The van der Waals surface area contributed by atoms with Crippen LogP contribution in [0.1, 0.15) is 77.6 Å². The molecular formula is C15H29IMg. The van der Waals surface area contributed by atoms with E-state index >= 15 is 0 Å². The lowest BCUT2D eigenvalue weighted by molar-refractivity contribution is 0.635. The van der Waals surface area contributed by atoms with Gasteiger partial charge in [-0.1, -0.05) is 64.0 Å². The lowest BCUT2D eigenvalue weighted by Crippen LogP contribution is -1.81. The van der Waals surface area contributed by atoms with Gasteiger partial charge in [-0.2, -0.15) is 0 Å². The summed E-state index contributed by atoms with van der Waals surface area (Å²) in [5.74, 6) is 0. The second-order valence-electron chi connectivity index (χ2n) is 4.92. The van der Waals surface area contributed by atoms with E-state index in [0.29, 0.717) is 16.5 Å². The molecule has 0 aromatic carbocycles. The van der Waals surface area contributed by atoms with Gasteiger partial charge in [-0.15, -0.1) is 4.55 Å². The Morgan fingerprint density at radius 1 is 0.765 bits per heavy atom. The minimum absolute atomic E-state index is 0.313. The zero-order chi connectivity index (χ0) is 12.6. The third-order valence-electron chi connectivity index (χ3n) is 3.15. The Morgan fingerprint density at radius 3 is 1.88 bits per heavy atom. The number of unbranched alkanes of at least 4 members (excludes halogenated alkanes) is 9. The van der Waals surface area contributed by atoms with E-state index in [1.54, 1.807) is 4.55 Å². The van der Waals surface area contributed by atoms with Crippen LogP contribution in [0, 0.1) is 0 Å². The van der Waals surface area contributed by atoms with Crippen molar-refractivity contribution < 1.29 is 0 Å². The van der Waals surface area contributed by atoms with Crippen molar-refractivity contribution in [3.8, 4) is 0 Å². The summed E-state index contributed by atoms with van der Waals surface area (Å²) < 4.78 is 1.55. The molecule has 0 amide bonds. The SMILES string of the molecule is CCCCCCC=CCCCCCC[CH2][Mg][I]. The molecule has 0 aliphatic rings. The Morgan fingerprint density at radius 2 is 1.29 bits per heavy atom. The van der Waals surface area contributed by atoms with Crippen LogP contribution in [0.2, 0.25) is 4.55 Å². The van der Waals surface area contributed by atoms with Crippen LogP contribution >= 0.6 is 18.9 Å². The Bertz CT molecular complexity index is 157. The molecule has 0 nitrogen and oxygen atoms in total. The van der Waals surface area contributed by atoms with Crippen LogP contribution in [-0.4, -0.2) is 16.5 Å². The lowest BCUT2D eigenvalue weighted by Gasteiger charge is -1.98. The predicted molar refractivity (Wildman–Crippen MR) is 90.2 cm³/mol. The molecule has 0 saturated carbocycles. The molecule has 98 valence electrons. The molecule has 0 saturated heterocycles. The summed E-state index contributed by atoms with van der Waals surface area (Å²) in [7, 11) is 0. The van der Waals surface area contributed by atoms with E-state index in [1.807, 2.05) is 0 Å². The van der Waals surface area contributed by atoms with Gasteiger partial charge in [0.15, 0.2) is 0 Å². The fourth-order valence-electron chi connectivity index (χ4n) is 1.99. The van der Waals surface area contributed by atoms with Gasteiger partial charge in [0.25, 0.3) is 0 Å². The predicted octanol–water partition coefficient (Wildman–Crippen LogP) is 6.33. The maximum atomic E-state index is 2.61. The maximum absolute atomic E-state index is 2.61. The molecule has 0 bridgehead atoms. The van der Waals surface area contributed by atoms with Crippen molar-refractivity contribution in [2.45, 2.75) is 82.1 Å². The zero-order valence-electron chi connectivity index (χ0n) is 11.7. The van der Waals surface area contributed by atoms with Gasteiger partial charge in [-0.25, -0.2) is 0 Å². The van der Waals surface area contributed by atoms with E-state index in [-0.39, 0.29) is 0 Å². The molecule has 17 heavy (non-hydrogen) atoms. The van der Waals surface area contributed by atoms with Crippen molar-refractivity contribution in [3.63, 3.8) is 0 Å². The summed E-state index contributed by atoms with van der Waals surface area (Å²) in [6.45, 7) is 2.28. The average molecular weight is 361 g/mol. The highest BCUT2D eigenvalue weighted by Crippen LogP contribution is 2.09. The summed E-state index contributed by atoms with van der Waals surface area (Å²) in [6, 6.07) is 0. The minimum Gasteiger partial charge on any atom is -0.301 e. The minimum atomic E-state index is 0.313. The monoisotopic (exact) mass is 360 g/mol. The zero-order valence-corrected chi connectivity index (χ0v) is 15.3. The molecule has 0 aromatic rings. The van der Waals surface area contributed by atoms with Crippen molar-refractivity contribution in [2.24, 2.45) is 0 Å². The summed E-state index contributed by atoms with van der Waals surface area (Å²) >= 11 is 2.93. The van der Waals surface area contributed by atoms with Crippen LogP contribution in [0.25, 0.3) is 0 Å². The Labute approximate surface area is 129 Å². The quantitative estimate of drug-likeness (QED) is 0.156. The summed E-state index contributed by atoms with van der Waals surface area (Å²) in [5, 5.41) is 0. The second kappa shape index (κ2) is 17.2. The van der Waals surface area contributed by atoms with Crippen LogP contribution in [0.3, 0.4) is 0 Å². The summed E-state index contributed by atoms with van der Waals surface area (Å²) in [4.78, 5) is 0. The van der Waals surface area contributed by atoms with Gasteiger partial charge in [-0.3, -0.25) is 0 Å². The highest BCUT2D eigenvalue weighted by atomic mass is 127. The first kappa shape index (κ1) is 18.2. The topological polar surface area (TPSA) is 0 Å². The largest absolute Gasteiger partial charge is 0.463 e. The van der Waals surface area contributed by atoms with Gasteiger partial charge >= 0.3 is 16.5 Å². The first-order chi connectivity index (χ1) is 8.41. The molecule has 0 radical (unpaired) electrons.